The first-order valence-corrected chi connectivity index (χ1v) is 19.9. The van der Waals surface area contributed by atoms with E-state index in [4.69, 9.17) is 19.4 Å². The number of rotatable bonds is 5. The molecule has 0 N–H and O–H groups in total. The highest BCUT2D eigenvalue weighted by Gasteiger charge is 2.18. The summed E-state index contributed by atoms with van der Waals surface area (Å²) in [7, 11) is 0. The molecule has 4 nitrogen and oxygen atoms in total. The fraction of sp³-hybridized carbons (Fsp3) is 0. The second-order valence-electron chi connectivity index (χ2n) is 15.1. The number of furan rings is 1. The first kappa shape index (κ1) is 33.2. The third-order valence-corrected chi connectivity index (χ3v) is 11.7. The van der Waals surface area contributed by atoms with Crippen molar-refractivity contribution in [2.24, 2.45) is 0 Å². The van der Waals surface area contributed by atoms with E-state index in [0.29, 0.717) is 5.82 Å². The van der Waals surface area contributed by atoms with Crippen LogP contribution in [0.15, 0.2) is 205 Å². The monoisotopic (exact) mass is 751 g/mol. The Balaban J connectivity index is 0.940. The van der Waals surface area contributed by atoms with Crippen molar-refractivity contribution in [3.63, 3.8) is 0 Å². The fourth-order valence-corrected chi connectivity index (χ4v) is 8.82. The van der Waals surface area contributed by atoms with Crippen molar-refractivity contribution in [1.29, 1.82) is 0 Å². The van der Waals surface area contributed by atoms with Gasteiger partial charge in [-0.05, 0) is 56.9 Å². The molecule has 0 aliphatic carbocycles. The van der Waals surface area contributed by atoms with E-state index >= 15 is 0 Å². The minimum absolute atomic E-state index is 0.688. The molecule has 0 spiro atoms. The summed E-state index contributed by atoms with van der Waals surface area (Å²) in [6.07, 6.45) is 0. The summed E-state index contributed by atoms with van der Waals surface area (Å²) in [4.78, 5) is 15.7. The lowest BCUT2D eigenvalue weighted by Crippen LogP contribution is -1.97. The van der Waals surface area contributed by atoms with Gasteiger partial charge in [0.1, 0.15) is 11.2 Å². The maximum Gasteiger partial charge on any atom is 0.160 e. The molecule has 3 heterocycles. The molecule has 0 saturated carbocycles. The van der Waals surface area contributed by atoms with Crippen molar-refractivity contribution in [2.75, 3.05) is 0 Å². The topological polar surface area (TPSA) is 51.8 Å². The molecule has 0 amide bonds. The van der Waals surface area contributed by atoms with E-state index in [1.807, 2.05) is 18.2 Å². The van der Waals surface area contributed by atoms with Crippen molar-refractivity contribution in [1.82, 2.24) is 15.0 Å². The first-order chi connectivity index (χ1) is 29.2. The summed E-state index contributed by atoms with van der Waals surface area (Å²) < 4.78 is 6.54. The van der Waals surface area contributed by atoms with Gasteiger partial charge >= 0.3 is 0 Å². The normalized spacial score (nSPS) is 11.7. The number of pyridine rings is 1. The van der Waals surface area contributed by atoms with Crippen LogP contribution in [0.5, 0.6) is 0 Å². The Hall–Kier alpha value is -7.95. The smallest absolute Gasteiger partial charge is 0.160 e. The van der Waals surface area contributed by atoms with Crippen LogP contribution in [-0.2, 0) is 0 Å². The molecule has 0 saturated heterocycles. The van der Waals surface area contributed by atoms with Gasteiger partial charge in [-0.2, -0.15) is 0 Å². The number of aromatic nitrogens is 3. The molecular weight excluding hydrogens is 719 g/mol. The largest absolute Gasteiger partial charge is 0.455 e. The van der Waals surface area contributed by atoms with Crippen LogP contribution in [0.2, 0.25) is 0 Å². The van der Waals surface area contributed by atoms with Crippen LogP contribution in [0.4, 0.5) is 0 Å². The average Bonchev–Trinajstić information content (AvgIpc) is 3.70. The molecule has 12 aromatic rings. The highest BCUT2D eigenvalue weighted by molar-refractivity contribution is 6.24. The van der Waals surface area contributed by atoms with E-state index in [2.05, 4.69) is 182 Å². The number of hydrogen-bond donors (Lipinski definition) is 0. The molecule has 0 unspecified atom stereocenters. The van der Waals surface area contributed by atoms with Gasteiger partial charge < -0.3 is 4.42 Å². The SMILES string of the molecule is c1ccc2c(-c3cc(-c4cccc5ccccc45)nc(-c4ccc(-c5ccc(-c6nc7ccccc7c7c6ccc6c8ccccc8oc67)cc5)cc4)n3)cccc2c1. The molecule has 0 fully saturated rings. The summed E-state index contributed by atoms with van der Waals surface area (Å²) in [5.41, 5.74) is 11.9. The quantitative estimate of drug-likeness (QED) is 0.164. The standard InChI is InChI=1S/C55H33N3O/c1-3-15-40-36(11-1)13-9-19-42(40)49-33-50(43-20-10-14-37-12-2-4-16-41(37)43)58-55(57-49)39-29-25-35(26-30-39)34-23-27-38(28-24-34)53-47-32-31-45-44-17-6-8-22-51(44)59-54(45)52(47)46-18-5-7-21-48(46)56-53/h1-33H. The van der Waals surface area contributed by atoms with E-state index in [0.717, 1.165) is 105 Å². The van der Waals surface area contributed by atoms with E-state index in [1.54, 1.807) is 0 Å². The van der Waals surface area contributed by atoms with Crippen LogP contribution in [0.25, 0.3) is 121 Å². The molecule has 0 atom stereocenters. The molecule has 4 heteroatoms. The van der Waals surface area contributed by atoms with Gasteiger partial charge in [0.2, 0.25) is 0 Å². The van der Waals surface area contributed by atoms with Crippen molar-refractivity contribution >= 4 is 65.2 Å². The lowest BCUT2D eigenvalue weighted by molar-refractivity contribution is 0.673. The van der Waals surface area contributed by atoms with Gasteiger partial charge in [0.05, 0.1) is 22.6 Å². The van der Waals surface area contributed by atoms with E-state index in [-0.39, 0.29) is 0 Å². The number of benzene rings is 9. The Morgan fingerprint density at radius 3 is 1.51 bits per heavy atom. The highest BCUT2D eigenvalue weighted by atomic mass is 16.3. The van der Waals surface area contributed by atoms with Gasteiger partial charge in [0.15, 0.2) is 5.82 Å². The van der Waals surface area contributed by atoms with Crippen molar-refractivity contribution in [3.05, 3.63) is 200 Å². The molecule has 12 rings (SSSR count). The molecule has 3 aromatic heterocycles. The van der Waals surface area contributed by atoms with Crippen LogP contribution in [0.1, 0.15) is 0 Å². The summed E-state index contributed by atoms with van der Waals surface area (Å²) in [5, 5.41) is 10.2. The van der Waals surface area contributed by atoms with Gasteiger partial charge in [-0.25, -0.2) is 15.0 Å². The molecule has 0 bridgehead atoms. The molecule has 9 aromatic carbocycles. The van der Waals surface area contributed by atoms with Crippen molar-refractivity contribution in [2.45, 2.75) is 0 Å². The Bertz CT molecular complexity index is 3500. The van der Waals surface area contributed by atoms with Crippen LogP contribution in [0, 0.1) is 0 Å². The maximum atomic E-state index is 6.54. The predicted octanol–water partition coefficient (Wildman–Crippen LogP) is 14.7. The number of para-hydroxylation sites is 2. The third-order valence-electron chi connectivity index (χ3n) is 11.7. The molecule has 0 aliphatic rings. The molecule has 0 aliphatic heterocycles. The lowest BCUT2D eigenvalue weighted by Gasteiger charge is -2.13. The maximum absolute atomic E-state index is 6.54. The lowest BCUT2D eigenvalue weighted by atomic mass is 9.96. The number of nitrogens with zero attached hydrogens (tertiary/aromatic N) is 3. The number of hydrogen-bond acceptors (Lipinski definition) is 4. The summed E-state index contributed by atoms with van der Waals surface area (Å²) >= 11 is 0. The third kappa shape index (κ3) is 5.49. The zero-order valence-electron chi connectivity index (χ0n) is 31.8. The fourth-order valence-electron chi connectivity index (χ4n) is 8.82. The van der Waals surface area contributed by atoms with Crippen molar-refractivity contribution < 1.29 is 4.42 Å². The van der Waals surface area contributed by atoms with Gasteiger partial charge in [-0.1, -0.05) is 176 Å². The van der Waals surface area contributed by atoms with Crippen LogP contribution < -0.4 is 0 Å². The van der Waals surface area contributed by atoms with Gasteiger partial charge in [0.25, 0.3) is 0 Å². The molecular formula is C55H33N3O. The highest BCUT2D eigenvalue weighted by Crippen LogP contribution is 2.41. The van der Waals surface area contributed by atoms with E-state index < -0.39 is 0 Å². The Kier molecular flexibility index (Phi) is 7.50. The second kappa shape index (κ2) is 13.3. The van der Waals surface area contributed by atoms with Gasteiger partial charge in [-0.3, -0.25) is 0 Å². The zero-order chi connectivity index (χ0) is 38.9. The van der Waals surface area contributed by atoms with Crippen LogP contribution in [-0.4, -0.2) is 15.0 Å². The summed E-state index contributed by atoms with van der Waals surface area (Å²) in [6, 6.07) is 70.2. The van der Waals surface area contributed by atoms with Gasteiger partial charge in [-0.15, -0.1) is 0 Å². The molecule has 274 valence electrons. The minimum Gasteiger partial charge on any atom is -0.455 e. The van der Waals surface area contributed by atoms with E-state index in [1.165, 1.54) is 10.8 Å². The minimum atomic E-state index is 0.688. The Morgan fingerprint density at radius 1 is 0.339 bits per heavy atom. The van der Waals surface area contributed by atoms with Crippen molar-refractivity contribution in [3.8, 4) is 56.3 Å². The second-order valence-corrected chi connectivity index (χ2v) is 15.1. The van der Waals surface area contributed by atoms with E-state index in [9.17, 15) is 0 Å². The first-order valence-electron chi connectivity index (χ1n) is 19.9. The number of fused-ring (bicyclic) bond motifs is 9. The Labute approximate surface area is 339 Å². The average molecular weight is 752 g/mol. The predicted molar refractivity (Wildman–Crippen MR) is 244 cm³/mol. The molecule has 59 heavy (non-hydrogen) atoms. The summed E-state index contributed by atoms with van der Waals surface area (Å²) in [6.45, 7) is 0. The van der Waals surface area contributed by atoms with Crippen LogP contribution >= 0.6 is 0 Å². The van der Waals surface area contributed by atoms with Gasteiger partial charge in [0, 0.05) is 49.2 Å². The van der Waals surface area contributed by atoms with Crippen LogP contribution in [0.3, 0.4) is 0 Å². The molecule has 0 radical (unpaired) electrons. The Morgan fingerprint density at radius 2 is 0.847 bits per heavy atom. The summed E-state index contributed by atoms with van der Waals surface area (Å²) in [5.74, 6) is 0.688. The zero-order valence-corrected chi connectivity index (χ0v) is 31.8.